The summed E-state index contributed by atoms with van der Waals surface area (Å²) in [4.78, 5) is 14.3. The van der Waals surface area contributed by atoms with Gasteiger partial charge in [0.05, 0.1) is 29.1 Å². The summed E-state index contributed by atoms with van der Waals surface area (Å²) in [5.41, 5.74) is 2.15. The molecule has 7 heteroatoms. The second-order valence-electron chi connectivity index (χ2n) is 6.45. The van der Waals surface area contributed by atoms with Crippen molar-refractivity contribution in [1.82, 2.24) is 15.1 Å². The zero-order valence-electron chi connectivity index (χ0n) is 15.6. The molecule has 0 spiro atoms. The van der Waals surface area contributed by atoms with Crippen LogP contribution in [0.2, 0.25) is 0 Å². The van der Waals surface area contributed by atoms with Crippen LogP contribution in [-0.4, -0.2) is 28.0 Å². The summed E-state index contributed by atoms with van der Waals surface area (Å²) in [5, 5.41) is 8.70. The molecule has 0 fully saturated rings. The summed E-state index contributed by atoms with van der Waals surface area (Å²) >= 11 is 3.24. The molecule has 0 aliphatic heterocycles. The first-order chi connectivity index (χ1) is 13.7. The van der Waals surface area contributed by atoms with Crippen molar-refractivity contribution in [3.8, 4) is 0 Å². The van der Waals surface area contributed by atoms with Crippen molar-refractivity contribution in [2.75, 3.05) is 12.3 Å². The van der Waals surface area contributed by atoms with Crippen LogP contribution in [-0.2, 0) is 12.3 Å². The van der Waals surface area contributed by atoms with Crippen LogP contribution in [0, 0.1) is 6.92 Å². The first-order valence-corrected chi connectivity index (χ1v) is 11.1. The van der Waals surface area contributed by atoms with Gasteiger partial charge in [-0.25, -0.2) is 0 Å². The van der Waals surface area contributed by atoms with Gasteiger partial charge in [-0.2, -0.15) is 16.9 Å². The van der Waals surface area contributed by atoms with E-state index in [1.54, 1.807) is 18.0 Å². The lowest BCUT2D eigenvalue weighted by molar-refractivity contribution is 0.0960. The van der Waals surface area contributed by atoms with Crippen molar-refractivity contribution in [2.24, 2.45) is 0 Å². The number of nitrogens with zero attached hydrogens (tertiary/aromatic N) is 2. The predicted molar refractivity (Wildman–Crippen MR) is 115 cm³/mol. The second kappa shape index (κ2) is 8.67. The number of fused-ring (bicyclic) bond motifs is 1. The zero-order chi connectivity index (χ0) is 19.3. The minimum atomic E-state index is -0.0227. The standard InChI is InChI=1S/C21H21N3O2S2/c1-15-18-12-19(20(25)22-9-11-27-14-17-8-5-10-26-17)28-21(18)24(23-15)13-16-6-3-2-4-7-16/h2-8,10,12H,9,11,13-14H2,1H3,(H,22,25). The number of amides is 1. The average Bonchev–Trinajstić information content (AvgIpc) is 3.42. The minimum Gasteiger partial charge on any atom is -0.468 e. The third-order valence-corrected chi connectivity index (χ3v) is 6.49. The van der Waals surface area contributed by atoms with Gasteiger partial charge in [-0.1, -0.05) is 30.3 Å². The number of hydrogen-bond donors (Lipinski definition) is 1. The molecule has 5 nitrogen and oxygen atoms in total. The molecule has 1 amide bonds. The molecule has 4 rings (SSSR count). The number of aromatic nitrogens is 2. The third kappa shape index (κ3) is 4.31. The predicted octanol–water partition coefficient (Wildman–Crippen LogP) is 4.71. The van der Waals surface area contributed by atoms with Gasteiger partial charge in [-0.05, 0) is 30.7 Å². The second-order valence-corrected chi connectivity index (χ2v) is 8.58. The average molecular weight is 412 g/mol. The lowest BCUT2D eigenvalue weighted by Crippen LogP contribution is -2.24. The fourth-order valence-electron chi connectivity index (χ4n) is 2.98. The van der Waals surface area contributed by atoms with Crippen molar-refractivity contribution < 1.29 is 9.21 Å². The number of benzene rings is 1. The number of nitrogens with one attached hydrogen (secondary N) is 1. The third-order valence-electron chi connectivity index (χ3n) is 4.36. The van der Waals surface area contributed by atoms with E-state index in [-0.39, 0.29) is 5.91 Å². The van der Waals surface area contributed by atoms with Crippen LogP contribution < -0.4 is 5.32 Å². The number of carbonyl (C=O) groups is 1. The van der Waals surface area contributed by atoms with Crippen LogP contribution in [0.3, 0.4) is 0 Å². The molecule has 3 aromatic heterocycles. The molecule has 3 heterocycles. The molecule has 0 saturated heterocycles. The molecule has 28 heavy (non-hydrogen) atoms. The summed E-state index contributed by atoms with van der Waals surface area (Å²) in [7, 11) is 0. The topological polar surface area (TPSA) is 60.1 Å². The van der Waals surface area contributed by atoms with Crippen molar-refractivity contribution in [3.63, 3.8) is 0 Å². The molecule has 1 N–H and O–H groups in total. The van der Waals surface area contributed by atoms with E-state index in [2.05, 4.69) is 22.5 Å². The number of thioether (sulfide) groups is 1. The van der Waals surface area contributed by atoms with Crippen LogP contribution in [0.5, 0.6) is 0 Å². The van der Waals surface area contributed by atoms with E-state index < -0.39 is 0 Å². The lowest BCUT2D eigenvalue weighted by atomic mass is 10.2. The summed E-state index contributed by atoms with van der Waals surface area (Å²) < 4.78 is 7.29. The Morgan fingerprint density at radius 2 is 2.11 bits per heavy atom. The van der Waals surface area contributed by atoms with Crippen LogP contribution in [0.4, 0.5) is 0 Å². The maximum atomic E-state index is 12.5. The largest absolute Gasteiger partial charge is 0.468 e. The highest BCUT2D eigenvalue weighted by Crippen LogP contribution is 2.28. The van der Waals surface area contributed by atoms with Crippen LogP contribution in [0.25, 0.3) is 10.2 Å². The molecule has 0 radical (unpaired) electrons. The van der Waals surface area contributed by atoms with Crippen molar-refractivity contribution >= 4 is 39.2 Å². The Morgan fingerprint density at radius 3 is 2.89 bits per heavy atom. The number of rotatable bonds is 8. The molecule has 0 atom stereocenters. The Hall–Kier alpha value is -2.51. The van der Waals surface area contributed by atoms with Gasteiger partial charge in [0.15, 0.2) is 0 Å². The summed E-state index contributed by atoms with van der Waals surface area (Å²) in [6.07, 6.45) is 1.68. The SMILES string of the molecule is Cc1nn(Cc2ccccc2)c2sc(C(=O)NCCSCc3ccco3)cc12. The number of thiophene rings is 1. The molecule has 0 aliphatic rings. The van der Waals surface area contributed by atoms with Gasteiger partial charge in [0.2, 0.25) is 0 Å². The number of furan rings is 1. The van der Waals surface area contributed by atoms with E-state index in [4.69, 9.17) is 4.42 Å². The minimum absolute atomic E-state index is 0.0227. The highest BCUT2D eigenvalue weighted by molar-refractivity contribution is 7.98. The lowest BCUT2D eigenvalue weighted by Gasteiger charge is -2.04. The van der Waals surface area contributed by atoms with Crippen LogP contribution in [0.1, 0.15) is 26.7 Å². The fourth-order valence-corrected chi connectivity index (χ4v) is 4.81. The van der Waals surface area contributed by atoms with Crippen LogP contribution >= 0.6 is 23.1 Å². The van der Waals surface area contributed by atoms with E-state index >= 15 is 0 Å². The van der Waals surface area contributed by atoms with Gasteiger partial charge in [-0.3, -0.25) is 9.48 Å². The molecule has 1 aromatic carbocycles. The molecule has 0 bridgehead atoms. The van der Waals surface area contributed by atoms with Gasteiger partial charge in [-0.15, -0.1) is 11.3 Å². The Labute approximate surface area is 171 Å². The fraction of sp³-hybridized carbons (Fsp3) is 0.238. The molecule has 0 unspecified atom stereocenters. The molecular weight excluding hydrogens is 390 g/mol. The zero-order valence-corrected chi connectivity index (χ0v) is 17.2. The summed E-state index contributed by atoms with van der Waals surface area (Å²) in [5.74, 6) is 2.60. The summed E-state index contributed by atoms with van der Waals surface area (Å²) in [6.45, 7) is 3.33. The summed E-state index contributed by atoms with van der Waals surface area (Å²) in [6, 6.07) is 16.0. The van der Waals surface area contributed by atoms with E-state index in [0.29, 0.717) is 13.1 Å². The van der Waals surface area contributed by atoms with E-state index in [9.17, 15) is 4.79 Å². The van der Waals surface area contributed by atoms with Crippen LogP contribution in [0.15, 0.2) is 59.2 Å². The Balaban J connectivity index is 1.37. The number of aryl methyl sites for hydroxylation is 1. The Morgan fingerprint density at radius 1 is 1.25 bits per heavy atom. The highest BCUT2D eigenvalue weighted by atomic mass is 32.2. The van der Waals surface area contributed by atoms with Gasteiger partial charge >= 0.3 is 0 Å². The van der Waals surface area contributed by atoms with E-state index in [1.807, 2.05) is 48.0 Å². The van der Waals surface area contributed by atoms with Crippen molar-refractivity contribution in [1.29, 1.82) is 0 Å². The van der Waals surface area contributed by atoms with Gasteiger partial charge in [0, 0.05) is 17.7 Å². The molecule has 0 aliphatic carbocycles. The highest BCUT2D eigenvalue weighted by Gasteiger charge is 2.16. The van der Waals surface area contributed by atoms with E-state index in [0.717, 1.165) is 38.1 Å². The number of hydrogen-bond acceptors (Lipinski definition) is 5. The molecular formula is C21H21N3O2S2. The maximum Gasteiger partial charge on any atom is 0.261 e. The van der Waals surface area contributed by atoms with Gasteiger partial charge < -0.3 is 9.73 Å². The van der Waals surface area contributed by atoms with Gasteiger partial charge in [0.1, 0.15) is 10.6 Å². The maximum absolute atomic E-state index is 12.5. The van der Waals surface area contributed by atoms with E-state index in [1.165, 1.54) is 16.9 Å². The van der Waals surface area contributed by atoms with Gasteiger partial charge in [0.25, 0.3) is 5.91 Å². The molecule has 144 valence electrons. The Kier molecular flexibility index (Phi) is 5.83. The normalized spacial score (nSPS) is 11.2. The molecule has 4 aromatic rings. The van der Waals surface area contributed by atoms with Crippen molar-refractivity contribution in [3.05, 3.63) is 76.7 Å². The number of carbonyl (C=O) groups excluding carboxylic acids is 1. The monoisotopic (exact) mass is 411 g/mol. The quantitative estimate of drug-likeness (QED) is 0.427. The first-order valence-electron chi connectivity index (χ1n) is 9.10. The first kappa shape index (κ1) is 18.8. The van der Waals surface area contributed by atoms with Crippen molar-refractivity contribution in [2.45, 2.75) is 19.2 Å². The Bertz CT molecular complexity index is 1050. The molecule has 0 saturated carbocycles. The smallest absolute Gasteiger partial charge is 0.261 e.